The fourth-order valence-electron chi connectivity index (χ4n) is 3.94. The third-order valence-corrected chi connectivity index (χ3v) is 6.24. The maximum Gasteiger partial charge on any atom is 0.246 e. The van der Waals surface area contributed by atoms with Crippen molar-refractivity contribution < 1.29 is 9.59 Å². The molecule has 7 heteroatoms. The van der Waals surface area contributed by atoms with Crippen LogP contribution in [0, 0.1) is 0 Å². The van der Waals surface area contributed by atoms with Gasteiger partial charge in [-0.3, -0.25) is 9.59 Å². The Morgan fingerprint density at radius 3 is 2.68 bits per heavy atom. The molecule has 0 unspecified atom stereocenters. The summed E-state index contributed by atoms with van der Waals surface area (Å²) < 4.78 is 1.91. The molecule has 31 heavy (non-hydrogen) atoms. The number of Topliss-reactive ketones (excluding diaryl/α,β-unsaturated/α-hetero) is 1. The highest BCUT2D eigenvalue weighted by Gasteiger charge is 2.27. The van der Waals surface area contributed by atoms with E-state index >= 15 is 0 Å². The Labute approximate surface area is 189 Å². The van der Waals surface area contributed by atoms with Crippen LogP contribution in [0.25, 0.3) is 0 Å². The van der Waals surface area contributed by atoms with Gasteiger partial charge in [0, 0.05) is 36.7 Å². The lowest BCUT2D eigenvalue weighted by Crippen LogP contribution is -2.39. The van der Waals surface area contributed by atoms with Crippen LogP contribution in [-0.4, -0.2) is 44.8 Å². The second kappa shape index (κ2) is 10.2. The van der Waals surface area contributed by atoms with E-state index in [-0.39, 0.29) is 17.2 Å². The van der Waals surface area contributed by atoms with Gasteiger partial charge in [-0.25, -0.2) is 4.98 Å². The number of hydrogen-bond acceptors (Lipinski definition) is 4. The van der Waals surface area contributed by atoms with Crippen molar-refractivity contribution in [2.75, 3.05) is 13.1 Å². The van der Waals surface area contributed by atoms with Crippen LogP contribution in [0.3, 0.4) is 0 Å². The summed E-state index contributed by atoms with van der Waals surface area (Å²) >= 11 is 5.82. The molecule has 1 saturated heterocycles. The number of benzene rings is 1. The van der Waals surface area contributed by atoms with Gasteiger partial charge < -0.3 is 14.8 Å². The average Bonchev–Trinajstić information content (AvgIpc) is 3.39. The predicted molar refractivity (Wildman–Crippen MR) is 123 cm³/mol. The minimum atomic E-state index is -0.0638. The maximum atomic E-state index is 12.4. The molecular formula is C24H31ClN4O2. The fourth-order valence-corrected chi connectivity index (χ4v) is 4.20. The number of fused-ring (bicyclic) bond motifs is 1. The Balaban J connectivity index is 0.000000254. The third-order valence-electron chi connectivity index (χ3n) is 5.87. The van der Waals surface area contributed by atoms with Gasteiger partial charge in [0.05, 0.1) is 12.7 Å². The van der Waals surface area contributed by atoms with Crippen molar-refractivity contribution >= 4 is 23.3 Å². The third kappa shape index (κ3) is 5.83. The number of aromatic nitrogens is 2. The predicted octanol–water partition coefficient (Wildman–Crippen LogP) is 4.03. The first-order valence-electron chi connectivity index (χ1n) is 10.8. The summed E-state index contributed by atoms with van der Waals surface area (Å²) in [6, 6.07) is 7.91. The highest BCUT2D eigenvalue weighted by atomic mass is 35.5. The summed E-state index contributed by atoms with van der Waals surface area (Å²) in [4.78, 5) is 29.9. The number of nitrogens with zero attached hydrogens (tertiary/aromatic N) is 3. The Morgan fingerprint density at radius 1 is 1.29 bits per heavy atom. The van der Waals surface area contributed by atoms with Crippen LogP contribution in [0.1, 0.15) is 55.5 Å². The summed E-state index contributed by atoms with van der Waals surface area (Å²) in [5.41, 5.74) is 1.78. The normalized spacial score (nSPS) is 20.3. The van der Waals surface area contributed by atoms with Gasteiger partial charge in [-0.2, -0.15) is 0 Å². The Bertz CT molecular complexity index is 960. The molecule has 0 spiro atoms. The Morgan fingerprint density at radius 2 is 2.06 bits per heavy atom. The fraction of sp³-hybridized carbons (Fsp3) is 0.458. The van der Waals surface area contributed by atoms with Crippen LogP contribution < -0.4 is 5.32 Å². The van der Waals surface area contributed by atoms with Crippen LogP contribution in [-0.2, 0) is 24.3 Å². The van der Waals surface area contributed by atoms with Crippen LogP contribution in [0.4, 0.5) is 0 Å². The maximum absolute atomic E-state index is 12.4. The van der Waals surface area contributed by atoms with Gasteiger partial charge in [0.15, 0.2) is 5.78 Å². The molecule has 2 aliphatic rings. The number of ketones is 1. The first-order valence-corrected chi connectivity index (χ1v) is 11.2. The second-order valence-electron chi connectivity index (χ2n) is 8.25. The molecule has 166 valence electrons. The molecule has 1 fully saturated rings. The molecule has 2 aromatic rings. The molecule has 0 saturated carbocycles. The number of imidazole rings is 1. The minimum Gasteiger partial charge on any atom is -0.330 e. The number of hydrogen-bond donors (Lipinski definition) is 1. The number of amides is 1. The molecule has 6 nitrogen and oxygen atoms in total. The quantitative estimate of drug-likeness (QED) is 0.573. The summed E-state index contributed by atoms with van der Waals surface area (Å²) in [6.45, 7) is 8.45. The van der Waals surface area contributed by atoms with E-state index in [1.54, 1.807) is 24.1 Å². The molecule has 0 bridgehead atoms. The lowest BCUT2D eigenvalue weighted by molar-refractivity contribution is -0.127. The summed E-state index contributed by atoms with van der Waals surface area (Å²) in [5.74, 6) is 0.801. The van der Waals surface area contributed by atoms with Crippen LogP contribution in [0.5, 0.6) is 0 Å². The van der Waals surface area contributed by atoms with Crippen LogP contribution >= 0.6 is 11.6 Å². The number of carbonyl (C=O) groups is 2. The van der Waals surface area contributed by atoms with Gasteiger partial charge in [-0.1, -0.05) is 42.8 Å². The Kier molecular flexibility index (Phi) is 7.68. The van der Waals surface area contributed by atoms with Crippen molar-refractivity contribution in [3.8, 4) is 0 Å². The van der Waals surface area contributed by atoms with E-state index in [1.165, 1.54) is 5.56 Å². The first kappa shape index (κ1) is 23.2. The zero-order valence-electron chi connectivity index (χ0n) is 18.5. The molecule has 2 aliphatic heterocycles. The number of aryl methyl sites for hydroxylation is 1. The summed E-state index contributed by atoms with van der Waals surface area (Å²) in [5, 5.41) is 4.29. The zero-order valence-corrected chi connectivity index (χ0v) is 19.3. The average molecular weight is 443 g/mol. The van der Waals surface area contributed by atoms with Gasteiger partial charge >= 0.3 is 0 Å². The van der Waals surface area contributed by atoms with E-state index < -0.39 is 0 Å². The van der Waals surface area contributed by atoms with Gasteiger partial charge in [0.25, 0.3) is 0 Å². The molecule has 1 amide bonds. The molecule has 1 aromatic heterocycles. The largest absolute Gasteiger partial charge is 0.330 e. The highest BCUT2D eigenvalue weighted by molar-refractivity contribution is 6.31. The van der Waals surface area contributed by atoms with E-state index in [2.05, 4.69) is 24.1 Å². The zero-order chi connectivity index (χ0) is 22.4. The molecule has 1 atom stereocenters. The standard InChI is InChI=1S/C16H22N4O2.C8H9Cl/c1-12(21)13-10-17-14-11-19(8-9-20(13)14)15(22)4-6-16(2)5-3-7-18-16;1-2-7-5-3-4-6-8(7)9/h4,6,10,18H,3,5,7-9,11H2,1-2H3;3-6H,2H2,1H3/b6-4+;/t16-;/m0./s1. The lowest BCUT2D eigenvalue weighted by Gasteiger charge is -2.28. The van der Waals surface area contributed by atoms with E-state index in [1.807, 2.05) is 34.9 Å². The monoisotopic (exact) mass is 442 g/mol. The number of nitrogens with one attached hydrogen (secondary N) is 1. The van der Waals surface area contributed by atoms with Crippen molar-refractivity contribution in [2.45, 2.75) is 58.7 Å². The highest BCUT2D eigenvalue weighted by Crippen LogP contribution is 2.20. The smallest absolute Gasteiger partial charge is 0.246 e. The van der Waals surface area contributed by atoms with Crippen molar-refractivity contribution in [1.82, 2.24) is 19.8 Å². The molecule has 0 aliphatic carbocycles. The van der Waals surface area contributed by atoms with E-state index in [4.69, 9.17) is 11.6 Å². The summed E-state index contributed by atoms with van der Waals surface area (Å²) in [6.07, 6.45) is 8.46. The Hall–Kier alpha value is -2.44. The molecule has 3 heterocycles. The summed E-state index contributed by atoms with van der Waals surface area (Å²) in [7, 11) is 0. The second-order valence-corrected chi connectivity index (χ2v) is 8.66. The SMILES string of the molecule is CC(=O)c1cnc2n1CCN(C(=O)/C=C/[C@]1(C)CCCN1)C2.CCc1ccccc1Cl. The molecular weight excluding hydrogens is 412 g/mol. The van der Waals surface area contributed by atoms with Gasteiger partial charge in [0.1, 0.15) is 11.5 Å². The van der Waals surface area contributed by atoms with Crippen LogP contribution in [0.2, 0.25) is 5.02 Å². The topological polar surface area (TPSA) is 67.2 Å². The van der Waals surface area contributed by atoms with Crippen molar-refractivity contribution in [3.63, 3.8) is 0 Å². The van der Waals surface area contributed by atoms with Gasteiger partial charge in [-0.05, 0) is 44.4 Å². The number of rotatable bonds is 4. The van der Waals surface area contributed by atoms with E-state index in [0.29, 0.717) is 25.3 Å². The molecule has 1 aromatic carbocycles. The van der Waals surface area contributed by atoms with Gasteiger partial charge in [0.2, 0.25) is 5.91 Å². The minimum absolute atomic E-state index is 0.00792. The lowest BCUT2D eigenvalue weighted by atomic mass is 10.00. The molecule has 1 N–H and O–H groups in total. The van der Waals surface area contributed by atoms with Crippen LogP contribution in [0.15, 0.2) is 42.6 Å². The first-order chi connectivity index (χ1) is 14.8. The van der Waals surface area contributed by atoms with E-state index in [9.17, 15) is 9.59 Å². The molecule has 4 rings (SSSR count). The number of halogens is 1. The van der Waals surface area contributed by atoms with Crippen molar-refractivity contribution in [3.05, 3.63) is 64.7 Å². The van der Waals surface area contributed by atoms with E-state index in [0.717, 1.165) is 36.7 Å². The van der Waals surface area contributed by atoms with Crippen molar-refractivity contribution in [2.24, 2.45) is 0 Å². The number of carbonyl (C=O) groups excluding carboxylic acids is 2. The van der Waals surface area contributed by atoms with Crippen molar-refractivity contribution in [1.29, 1.82) is 0 Å². The van der Waals surface area contributed by atoms with Gasteiger partial charge in [-0.15, -0.1) is 0 Å². The molecule has 0 radical (unpaired) electrons.